The van der Waals surface area contributed by atoms with Crippen molar-refractivity contribution in [1.82, 2.24) is 4.90 Å². The molecule has 26 heavy (non-hydrogen) atoms. The molecule has 1 saturated heterocycles. The first-order valence-electron chi connectivity index (χ1n) is 11.3. The first-order chi connectivity index (χ1) is 12.7. The summed E-state index contributed by atoms with van der Waals surface area (Å²) in [5, 5.41) is 0. The van der Waals surface area contributed by atoms with Gasteiger partial charge in [0.15, 0.2) is 0 Å². The average molecular weight is 357 g/mol. The maximum atomic E-state index is 2.67. The number of unbranched alkanes of at least 4 members (excludes halogenated alkanes) is 1. The summed E-state index contributed by atoms with van der Waals surface area (Å²) < 4.78 is 0. The summed E-state index contributed by atoms with van der Waals surface area (Å²) in [4.78, 5) is 5.32. The van der Waals surface area contributed by atoms with E-state index < -0.39 is 0 Å². The fourth-order valence-corrected chi connectivity index (χ4v) is 5.21. The predicted octanol–water partition coefficient (Wildman–Crippen LogP) is 6.07. The van der Waals surface area contributed by atoms with Gasteiger partial charge in [-0.05, 0) is 61.6 Å². The molecule has 0 bridgehead atoms. The molecule has 0 atom stereocenters. The minimum absolute atomic E-state index is 0.635. The van der Waals surface area contributed by atoms with Crippen LogP contribution < -0.4 is 4.90 Å². The molecule has 2 fully saturated rings. The van der Waals surface area contributed by atoms with E-state index in [-0.39, 0.29) is 0 Å². The largest absolute Gasteiger partial charge is 0.369 e. The predicted molar refractivity (Wildman–Crippen MR) is 114 cm³/mol. The zero-order valence-corrected chi connectivity index (χ0v) is 17.5. The van der Waals surface area contributed by atoms with Crippen molar-refractivity contribution in [3.05, 3.63) is 29.8 Å². The highest BCUT2D eigenvalue weighted by Gasteiger charge is 2.33. The summed E-state index contributed by atoms with van der Waals surface area (Å²) in [7, 11) is 0. The molecule has 0 N–H and O–H groups in total. The van der Waals surface area contributed by atoms with Crippen LogP contribution in [0.5, 0.6) is 0 Å². The molecule has 0 aromatic heterocycles. The fraction of sp³-hybridized carbons (Fsp3) is 0.750. The van der Waals surface area contributed by atoms with Crippen LogP contribution in [0.4, 0.5) is 5.69 Å². The van der Waals surface area contributed by atoms with Crippen molar-refractivity contribution in [3.8, 4) is 0 Å². The summed E-state index contributed by atoms with van der Waals surface area (Å²) in [5.41, 5.74) is 3.81. The van der Waals surface area contributed by atoms with Crippen molar-refractivity contribution in [2.75, 3.05) is 37.6 Å². The van der Waals surface area contributed by atoms with E-state index in [1.54, 1.807) is 5.56 Å². The van der Waals surface area contributed by atoms with Crippen LogP contribution in [0.1, 0.15) is 83.6 Å². The monoisotopic (exact) mass is 356 g/mol. The number of benzene rings is 1. The molecule has 1 saturated carbocycles. The van der Waals surface area contributed by atoms with Gasteiger partial charge in [0, 0.05) is 31.9 Å². The second-order valence-corrected chi connectivity index (χ2v) is 8.72. The van der Waals surface area contributed by atoms with E-state index in [4.69, 9.17) is 0 Å². The summed E-state index contributed by atoms with van der Waals surface area (Å²) in [6.45, 7) is 13.2. The average Bonchev–Trinajstić information content (AvgIpc) is 2.73. The Morgan fingerprint density at radius 3 is 2.19 bits per heavy atom. The van der Waals surface area contributed by atoms with Gasteiger partial charge in [0.1, 0.15) is 0 Å². The lowest BCUT2D eigenvalue weighted by Gasteiger charge is -2.41. The standard InChI is InChI=1S/C24H40N2/c1-4-7-16-25-17-19-26(20-18-25)23-11-9-8-10-22(23)21-12-14-24(5-2,6-3)15-13-21/h8-11,21H,4-7,12-20H2,1-3H3. The molecule has 2 nitrogen and oxygen atoms in total. The maximum absolute atomic E-state index is 2.67. The van der Waals surface area contributed by atoms with Gasteiger partial charge in [-0.3, -0.25) is 4.90 Å². The Morgan fingerprint density at radius 2 is 1.58 bits per heavy atom. The number of nitrogens with zero attached hydrogens (tertiary/aromatic N) is 2. The Hall–Kier alpha value is -1.02. The third kappa shape index (κ3) is 4.44. The molecule has 146 valence electrons. The van der Waals surface area contributed by atoms with Crippen molar-refractivity contribution in [1.29, 1.82) is 0 Å². The molecule has 1 aliphatic carbocycles. The van der Waals surface area contributed by atoms with E-state index in [9.17, 15) is 0 Å². The summed E-state index contributed by atoms with van der Waals surface area (Å²) in [6, 6.07) is 9.32. The minimum atomic E-state index is 0.635. The molecule has 1 aromatic carbocycles. The van der Waals surface area contributed by atoms with Crippen molar-refractivity contribution >= 4 is 5.69 Å². The van der Waals surface area contributed by atoms with Crippen LogP contribution in [0.3, 0.4) is 0 Å². The molecular weight excluding hydrogens is 316 g/mol. The smallest absolute Gasteiger partial charge is 0.0402 e. The normalized spacial score (nSPS) is 21.9. The number of piperazine rings is 1. The zero-order chi connectivity index (χ0) is 18.4. The fourth-order valence-electron chi connectivity index (χ4n) is 5.21. The molecule has 1 aromatic rings. The Labute approximate surface area is 162 Å². The van der Waals surface area contributed by atoms with Crippen LogP contribution in [0.15, 0.2) is 24.3 Å². The Bertz CT molecular complexity index is 531. The summed E-state index contributed by atoms with van der Waals surface area (Å²) >= 11 is 0. The highest BCUT2D eigenvalue weighted by molar-refractivity contribution is 5.55. The lowest BCUT2D eigenvalue weighted by atomic mass is 9.66. The molecular formula is C24H40N2. The quantitative estimate of drug-likeness (QED) is 0.585. The molecule has 1 aliphatic heterocycles. The molecule has 0 amide bonds. The van der Waals surface area contributed by atoms with E-state index >= 15 is 0 Å². The van der Waals surface area contributed by atoms with E-state index in [1.807, 2.05) is 0 Å². The van der Waals surface area contributed by atoms with Gasteiger partial charge in [0.25, 0.3) is 0 Å². The number of anilines is 1. The second kappa shape index (κ2) is 9.26. The minimum Gasteiger partial charge on any atom is -0.369 e. The Balaban J connectivity index is 1.64. The van der Waals surface area contributed by atoms with Crippen molar-refractivity contribution in [2.45, 2.75) is 78.1 Å². The van der Waals surface area contributed by atoms with Gasteiger partial charge in [-0.1, -0.05) is 58.2 Å². The van der Waals surface area contributed by atoms with Crippen LogP contribution >= 0.6 is 0 Å². The zero-order valence-electron chi connectivity index (χ0n) is 17.5. The van der Waals surface area contributed by atoms with Crippen LogP contribution in [0, 0.1) is 5.41 Å². The third-order valence-corrected chi connectivity index (χ3v) is 7.46. The van der Waals surface area contributed by atoms with Crippen molar-refractivity contribution < 1.29 is 0 Å². The van der Waals surface area contributed by atoms with E-state index in [0.29, 0.717) is 5.41 Å². The van der Waals surface area contributed by atoms with Crippen LogP contribution in [-0.2, 0) is 0 Å². The van der Waals surface area contributed by atoms with Gasteiger partial charge in [-0.15, -0.1) is 0 Å². The first-order valence-corrected chi connectivity index (χ1v) is 11.3. The van der Waals surface area contributed by atoms with E-state index in [0.717, 1.165) is 5.92 Å². The van der Waals surface area contributed by atoms with Gasteiger partial charge in [0.05, 0.1) is 0 Å². The first kappa shape index (κ1) is 19.7. The number of hydrogen-bond acceptors (Lipinski definition) is 2. The molecule has 0 unspecified atom stereocenters. The lowest BCUT2D eigenvalue weighted by molar-refractivity contribution is 0.159. The topological polar surface area (TPSA) is 6.48 Å². The number of para-hydroxylation sites is 1. The molecule has 2 aliphatic rings. The van der Waals surface area contributed by atoms with Gasteiger partial charge in [-0.2, -0.15) is 0 Å². The van der Waals surface area contributed by atoms with Gasteiger partial charge in [-0.25, -0.2) is 0 Å². The van der Waals surface area contributed by atoms with Crippen molar-refractivity contribution in [2.24, 2.45) is 5.41 Å². The van der Waals surface area contributed by atoms with Crippen LogP contribution in [0.2, 0.25) is 0 Å². The van der Waals surface area contributed by atoms with Gasteiger partial charge in [0.2, 0.25) is 0 Å². The summed E-state index contributed by atoms with van der Waals surface area (Å²) in [5.74, 6) is 0.774. The van der Waals surface area contributed by atoms with Crippen molar-refractivity contribution in [3.63, 3.8) is 0 Å². The van der Waals surface area contributed by atoms with Crippen LogP contribution in [0.25, 0.3) is 0 Å². The lowest BCUT2D eigenvalue weighted by Crippen LogP contribution is -2.47. The molecule has 0 radical (unpaired) electrons. The Morgan fingerprint density at radius 1 is 0.923 bits per heavy atom. The maximum Gasteiger partial charge on any atom is 0.0402 e. The van der Waals surface area contributed by atoms with Crippen LogP contribution in [-0.4, -0.2) is 37.6 Å². The van der Waals surface area contributed by atoms with E-state index in [2.05, 4.69) is 54.8 Å². The molecule has 1 heterocycles. The highest BCUT2D eigenvalue weighted by atomic mass is 15.3. The van der Waals surface area contributed by atoms with Gasteiger partial charge < -0.3 is 4.90 Å². The second-order valence-electron chi connectivity index (χ2n) is 8.72. The van der Waals surface area contributed by atoms with E-state index in [1.165, 1.54) is 89.8 Å². The number of rotatable bonds is 7. The molecule has 3 rings (SSSR count). The summed E-state index contributed by atoms with van der Waals surface area (Å²) in [6.07, 6.45) is 11.0. The third-order valence-electron chi connectivity index (χ3n) is 7.46. The highest BCUT2D eigenvalue weighted by Crippen LogP contribution is 2.48. The number of hydrogen-bond donors (Lipinski definition) is 0. The Kier molecular flexibility index (Phi) is 7.03. The molecule has 0 spiro atoms. The molecule has 2 heteroatoms. The van der Waals surface area contributed by atoms with Gasteiger partial charge >= 0.3 is 0 Å². The SMILES string of the molecule is CCCCN1CCN(c2ccccc2C2CCC(CC)(CC)CC2)CC1.